The zero-order chi connectivity index (χ0) is 24.8. The van der Waals surface area contributed by atoms with E-state index in [0.717, 1.165) is 11.1 Å². The second-order valence-electron chi connectivity index (χ2n) is 8.33. The van der Waals surface area contributed by atoms with E-state index in [1.807, 2.05) is 4.90 Å². The third kappa shape index (κ3) is 6.46. The van der Waals surface area contributed by atoms with Crippen molar-refractivity contribution in [2.75, 3.05) is 32.7 Å². The molecule has 1 fully saturated rings. The Labute approximate surface area is 201 Å². The first kappa shape index (κ1) is 24.4. The van der Waals surface area contributed by atoms with Crippen LogP contribution in [0.3, 0.4) is 0 Å². The number of piperazine rings is 1. The summed E-state index contributed by atoms with van der Waals surface area (Å²) in [5, 5.41) is 0. The first-order chi connectivity index (χ1) is 16.9. The molecule has 0 radical (unpaired) electrons. The standard InChI is InChI=1S/C26H25F3N4O2/c27-21-7-1-18(2-8-21)25(19-3-9-22(28)10-4-19)33-15-13-32(14-16-33)17-24(34)30-31-26(35)20-5-11-23(29)12-6-20/h1-12,25H,13-17H2,(H,30,34)(H,31,35). The Bertz CT molecular complexity index is 1100. The van der Waals surface area contributed by atoms with Gasteiger partial charge in [0.15, 0.2) is 0 Å². The Morgan fingerprint density at radius 3 is 1.63 bits per heavy atom. The number of halogens is 3. The lowest BCUT2D eigenvalue weighted by molar-refractivity contribution is -0.123. The molecule has 182 valence electrons. The fraction of sp³-hybridized carbons (Fsp3) is 0.231. The molecule has 3 aromatic carbocycles. The van der Waals surface area contributed by atoms with Crippen LogP contribution in [-0.2, 0) is 4.79 Å². The minimum Gasteiger partial charge on any atom is -0.292 e. The van der Waals surface area contributed by atoms with E-state index in [0.29, 0.717) is 26.2 Å². The molecule has 4 rings (SSSR count). The van der Waals surface area contributed by atoms with Gasteiger partial charge in [0.05, 0.1) is 12.6 Å². The second-order valence-corrected chi connectivity index (χ2v) is 8.33. The molecule has 9 heteroatoms. The molecule has 0 aliphatic carbocycles. The van der Waals surface area contributed by atoms with Crippen LogP contribution in [0.2, 0.25) is 0 Å². The van der Waals surface area contributed by atoms with E-state index < -0.39 is 11.7 Å². The Morgan fingerprint density at radius 2 is 1.14 bits per heavy atom. The summed E-state index contributed by atoms with van der Waals surface area (Å²) < 4.78 is 40.0. The van der Waals surface area contributed by atoms with Gasteiger partial charge >= 0.3 is 0 Å². The van der Waals surface area contributed by atoms with Gasteiger partial charge in [-0.15, -0.1) is 0 Å². The largest absolute Gasteiger partial charge is 0.292 e. The van der Waals surface area contributed by atoms with Gasteiger partial charge in [-0.25, -0.2) is 13.2 Å². The Hall–Kier alpha value is -3.69. The first-order valence-corrected chi connectivity index (χ1v) is 11.2. The van der Waals surface area contributed by atoms with Crippen molar-refractivity contribution in [3.63, 3.8) is 0 Å². The second kappa shape index (κ2) is 11.2. The highest BCUT2D eigenvalue weighted by Gasteiger charge is 2.27. The molecule has 0 unspecified atom stereocenters. The van der Waals surface area contributed by atoms with Crippen LogP contribution in [0.5, 0.6) is 0 Å². The summed E-state index contributed by atoms with van der Waals surface area (Å²) in [7, 11) is 0. The molecule has 1 aliphatic heterocycles. The Morgan fingerprint density at radius 1 is 0.686 bits per heavy atom. The number of carbonyl (C=O) groups excluding carboxylic acids is 2. The minimum absolute atomic E-state index is 0.0926. The third-order valence-electron chi connectivity index (χ3n) is 5.93. The van der Waals surface area contributed by atoms with Crippen LogP contribution < -0.4 is 10.9 Å². The third-order valence-corrected chi connectivity index (χ3v) is 5.93. The van der Waals surface area contributed by atoms with Crippen molar-refractivity contribution >= 4 is 11.8 Å². The molecule has 3 aromatic rings. The van der Waals surface area contributed by atoms with E-state index in [1.165, 1.54) is 48.5 Å². The molecule has 0 aromatic heterocycles. The maximum absolute atomic E-state index is 13.5. The molecule has 1 aliphatic rings. The number of hydrazine groups is 1. The molecule has 0 bridgehead atoms. The Kier molecular flexibility index (Phi) is 7.79. The number of nitrogens with zero attached hydrogens (tertiary/aromatic N) is 2. The summed E-state index contributed by atoms with van der Waals surface area (Å²) in [5.74, 6) is -2.01. The highest BCUT2D eigenvalue weighted by Crippen LogP contribution is 2.30. The van der Waals surface area contributed by atoms with E-state index in [2.05, 4.69) is 15.8 Å². The first-order valence-electron chi connectivity index (χ1n) is 11.2. The topological polar surface area (TPSA) is 64.7 Å². The molecule has 6 nitrogen and oxygen atoms in total. The maximum Gasteiger partial charge on any atom is 0.269 e. The average Bonchev–Trinajstić information content (AvgIpc) is 2.86. The van der Waals surface area contributed by atoms with Gasteiger partial charge in [-0.05, 0) is 59.7 Å². The van der Waals surface area contributed by atoms with E-state index >= 15 is 0 Å². The van der Waals surface area contributed by atoms with Gasteiger partial charge in [-0.1, -0.05) is 24.3 Å². The van der Waals surface area contributed by atoms with Gasteiger partial charge in [-0.3, -0.25) is 30.2 Å². The monoisotopic (exact) mass is 482 g/mol. The summed E-state index contributed by atoms with van der Waals surface area (Å²) >= 11 is 0. The van der Waals surface area contributed by atoms with Crippen LogP contribution in [0.1, 0.15) is 27.5 Å². The zero-order valence-electron chi connectivity index (χ0n) is 18.9. The van der Waals surface area contributed by atoms with Crippen molar-refractivity contribution < 1.29 is 22.8 Å². The quantitative estimate of drug-likeness (QED) is 0.530. The lowest BCUT2D eigenvalue weighted by Gasteiger charge is -2.39. The number of benzene rings is 3. The van der Waals surface area contributed by atoms with E-state index in [1.54, 1.807) is 24.3 Å². The smallest absolute Gasteiger partial charge is 0.269 e. The molecular formula is C26H25F3N4O2. The molecule has 2 amide bonds. The fourth-order valence-corrected chi connectivity index (χ4v) is 4.13. The van der Waals surface area contributed by atoms with Gasteiger partial charge in [0.2, 0.25) is 0 Å². The fourth-order valence-electron chi connectivity index (χ4n) is 4.13. The van der Waals surface area contributed by atoms with Crippen LogP contribution in [-0.4, -0.2) is 54.3 Å². The minimum atomic E-state index is -0.537. The maximum atomic E-state index is 13.5. The van der Waals surface area contributed by atoms with Crippen molar-refractivity contribution in [2.45, 2.75) is 6.04 Å². The van der Waals surface area contributed by atoms with Crippen LogP contribution in [0, 0.1) is 17.5 Å². The average molecular weight is 483 g/mol. The van der Waals surface area contributed by atoms with Crippen LogP contribution in [0.15, 0.2) is 72.8 Å². The predicted octanol–water partition coefficient (Wildman–Crippen LogP) is 3.27. The Balaban J connectivity index is 1.33. The number of hydrogen-bond acceptors (Lipinski definition) is 4. The van der Waals surface area contributed by atoms with Crippen molar-refractivity contribution in [1.29, 1.82) is 0 Å². The zero-order valence-corrected chi connectivity index (χ0v) is 18.9. The van der Waals surface area contributed by atoms with Crippen molar-refractivity contribution in [2.24, 2.45) is 0 Å². The summed E-state index contributed by atoms with van der Waals surface area (Å²) in [5.41, 5.74) is 6.73. The van der Waals surface area contributed by atoms with E-state index in [-0.39, 0.29) is 35.7 Å². The normalized spacial score (nSPS) is 14.6. The SMILES string of the molecule is O=C(CN1CCN(C(c2ccc(F)cc2)c2ccc(F)cc2)CC1)NNC(=O)c1ccc(F)cc1. The van der Waals surface area contributed by atoms with Crippen LogP contribution >= 0.6 is 0 Å². The summed E-state index contributed by atoms with van der Waals surface area (Å²) in [6.07, 6.45) is 0. The number of hydrogen-bond donors (Lipinski definition) is 2. The van der Waals surface area contributed by atoms with Crippen molar-refractivity contribution in [3.05, 3.63) is 107 Å². The number of carbonyl (C=O) groups is 2. The number of nitrogens with one attached hydrogen (secondary N) is 2. The van der Waals surface area contributed by atoms with Gasteiger partial charge in [-0.2, -0.15) is 0 Å². The summed E-state index contributed by atoms with van der Waals surface area (Å²) in [6.45, 7) is 2.55. The van der Waals surface area contributed by atoms with Crippen molar-refractivity contribution in [3.8, 4) is 0 Å². The summed E-state index contributed by atoms with van der Waals surface area (Å²) in [6, 6.07) is 17.4. The van der Waals surface area contributed by atoms with Gasteiger partial charge in [0.1, 0.15) is 17.5 Å². The molecular weight excluding hydrogens is 457 g/mol. The van der Waals surface area contributed by atoms with Crippen LogP contribution in [0.4, 0.5) is 13.2 Å². The molecule has 0 atom stereocenters. The highest BCUT2D eigenvalue weighted by molar-refractivity contribution is 5.95. The van der Waals surface area contributed by atoms with E-state index in [9.17, 15) is 22.8 Å². The lowest BCUT2D eigenvalue weighted by atomic mass is 9.96. The molecule has 1 heterocycles. The van der Waals surface area contributed by atoms with Gasteiger partial charge in [0.25, 0.3) is 11.8 Å². The predicted molar refractivity (Wildman–Crippen MR) is 125 cm³/mol. The van der Waals surface area contributed by atoms with Gasteiger partial charge < -0.3 is 0 Å². The van der Waals surface area contributed by atoms with Crippen LogP contribution in [0.25, 0.3) is 0 Å². The molecule has 35 heavy (non-hydrogen) atoms. The van der Waals surface area contributed by atoms with Gasteiger partial charge in [0, 0.05) is 31.7 Å². The van der Waals surface area contributed by atoms with Crippen molar-refractivity contribution in [1.82, 2.24) is 20.7 Å². The lowest BCUT2D eigenvalue weighted by Crippen LogP contribution is -2.52. The molecule has 0 spiro atoms. The molecule has 2 N–H and O–H groups in total. The number of rotatable bonds is 6. The van der Waals surface area contributed by atoms with E-state index in [4.69, 9.17) is 0 Å². The molecule has 0 saturated carbocycles. The number of amides is 2. The highest BCUT2D eigenvalue weighted by atomic mass is 19.1. The summed E-state index contributed by atoms with van der Waals surface area (Å²) in [4.78, 5) is 28.6. The molecule has 1 saturated heterocycles.